The van der Waals surface area contributed by atoms with Crippen molar-refractivity contribution in [2.75, 3.05) is 11.9 Å². The second-order valence-electron chi connectivity index (χ2n) is 6.20. The Morgan fingerprint density at radius 1 is 1.14 bits per heavy atom. The molecule has 28 heavy (non-hydrogen) atoms. The fourth-order valence-corrected chi connectivity index (χ4v) is 2.90. The van der Waals surface area contributed by atoms with Gasteiger partial charge in [-0.05, 0) is 29.7 Å². The Morgan fingerprint density at radius 2 is 1.96 bits per heavy atom. The van der Waals surface area contributed by atoms with E-state index in [2.05, 4.69) is 15.3 Å². The molecule has 2 heterocycles. The van der Waals surface area contributed by atoms with E-state index in [0.29, 0.717) is 35.4 Å². The number of rotatable bonds is 6. The van der Waals surface area contributed by atoms with Crippen LogP contribution in [0.25, 0.3) is 10.8 Å². The molecule has 2 aromatic heterocycles. The van der Waals surface area contributed by atoms with Crippen LogP contribution in [-0.2, 0) is 6.54 Å². The SMILES string of the molecule is O=C(Nc1ccccc1OCCn1ccnc1)c1cc2ccccc2c(=O)[nH]1. The van der Waals surface area contributed by atoms with E-state index in [1.54, 1.807) is 48.9 Å². The summed E-state index contributed by atoms with van der Waals surface area (Å²) >= 11 is 0. The predicted octanol–water partition coefficient (Wildman–Crippen LogP) is 3.06. The molecule has 0 aliphatic carbocycles. The molecule has 0 saturated carbocycles. The minimum absolute atomic E-state index is 0.192. The molecule has 0 aliphatic rings. The van der Waals surface area contributed by atoms with Gasteiger partial charge in [0.05, 0.1) is 18.6 Å². The van der Waals surface area contributed by atoms with Crippen LogP contribution in [0.1, 0.15) is 10.5 Å². The molecule has 0 atom stereocenters. The summed E-state index contributed by atoms with van der Waals surface area (Å²) in [6.45, 7) is 1.07. The average Bonchev–Trinajstić information content (AvgIpc) is 3.23. The van der Waals surface area contributed by atoms with E-state index in [1.165, 1.54) is 0 Å². The number of nitrogens with one attached hydrogen (secondary N) is 2. The summed E-state index contributed by atoms with van der Waals surface area (Å²) in [5.41, 5.74) is 0.428. The molecule has 2 N–H and O–H groups in total. The van der Waals surface area contributed by atoms with Crippen molar-refractivity contribution in [1.82, 2.24) is 14.5 Å². The molecule has 7 heteroatoms. The second kappa shape index (κ2) is 7.79. The van der Waals surface area contributed by atoms with Crippen LogP contribution in [0.5, 0.6) is 5.75 Å². The van der Waals surface area contributed by atoms with Gasteiger partial charge in [-0.3, -0.25) is 9.59 Å². The van der Waals surface area contributed by atoms with E-state index < -0.39 is 5.91 Å². The third kappa shape index (κ3) is 3.78. The highest BCUT2D eigenvalue weighted by Crippen LogP contribution is 2.24. The third-order valence-corrected chi connectivity index (χ3v) is 4.30. The molecule has 4 aromatic rings. The topological polar surface area (TPSA) is 89.0 Å². The normalized spacial score (nSPS) is 10.7. The number of aromatic nitrogens is 3. The fourth-order valence-electron chi connectivity index (χ4n) is 2.90. The quantitative estimate of drug-likeness (QED) is 0.543. The molecule has 0 fully saturated rings. The van der Waals surface area contributed by atoms with Gasteiger partial charge in [-0.1, -0.05) is 30.3 Å². The van der Waals surface area contributed by atoms with E-state index in [-0.39, 0.29) is 11.3 Å². The Labute approximate surface area is 160 Å². The number of carbonyl (C=O) groups excluding carboxylic acids is 1. The number of fused-ring (bicyclic) bond motifs is 1. The van der Waals surface area contributed by atoms with Crippen LogP contribution in [0, 0.1) is 0 Å². The van der Waals surface area contributed by atoms with Gasteiger partial charge in [0.25, 0.3) is 11.5 Å². The summed E-state index contributed by atoms with van der Waals surface area (Å²) in [5, 5.41) is 4.06. The molecular formula is C21H18N4O3. The maximum Gasteiger partial charge on any atom is 0.272 e. The molecule has 0 aliphatic heterocycles. The molecule has 0 saturated heterocycles. The number of benzene rings is 2. The lowest BCUT2D eigenvalue weighted by Crippen LogP contribution is -2.19. The van der Waals surface area contributed by atoms with Gasteiger partial charge in [0, 0.05) is 17.8 Å². The predicted molar refractivity (Wildman–Crippen MR) is 107 cm³/mol. The van der Waals surface area contributed by atoms with E-state index in [9.17, 15) is 9.59 Å². The first-order valence-electron chi connectivity index (χ1n) is 8.82. The van der Waals surface area contributed by atoms with E-state index in [1.807, 2.05) is 29.0 Å². The maximum atomic E-state index is 12.7. The Morgan fingerprint density at radius 3 is 2.82 bits per heavy atom. The highest BCUT2D eigenvalue weighted by atomic mass is 16.5. The minimum atomic E-state index is -0.409. The van der Waals surface area contributed by atoms with Crippen LogP contribution >= 0.6 is 0 Å². The number of imidazole rings is 1. The smallest absolute Gasteiger partial charge is 0.272 e. The van der Waals surface area contributed by atoms with E-state index in [0.717, 1.165) is 0 Å². The summed E-state index contributed by atoms with van der Waals surface area (Å²) in [4.78, 5) is 31.5. The molecular weight excluding hydrogens is 356 g/mol. The number of para-hydroxylation sites is 2. The van der Waals surface area contributed by atoms with Crippen LogP contribution in [0.3, 0.4) is 0 Å². The highest BCUT2D eigenvalue weighted by Gasteiger charge is 2.12. The van der Waals surface area contributed by atoms with Crippen LogP contribution < -0.4 is 15.6 Å². The van der Waals surface area contributed by atoms with Crippen molar-refractivity contribution >= 4 is 22.4 Å². The summed E-state index contributed by atoms with van der Waals surface area (Å²) in [6, 6.07) is 16.0. The monoisotopic (exact) mass is 374 g/mol. The lowest BCUT2D eigenvalue weighted by Gasteiger charge is -2.13. The fraction of sp³-hybridized carbons (Fsp3) is 0.0952. The maximum absolute atomic E-state index is 12.7. The number of anilines is 1. The van der Waals surface area contributed by atoms with Gasteiger partial charge in [0.2, 0.25) is 0 Å². The number of ether oxygens (including phenoxy) is 1. The highest BCUT2D eigenvalue weighted by molar-refractivity contribution is 6.05. The van der Waals surface area contributed by atoms with Crippen LogP contribution in [-0.4, -0.2) is 27.0 Å². The van der Waals surface area contributed by atoms with Gasteiger partial charge in [-0.2, -0.15) is 0 Å². The zero-order valence-electron chi connectivity index (χ0n) is 15.0. The Kier molecular flexibility index (Phi) is 4.88. The van der Waals surface area contributed by atoms with Gasteiger partial charge < -0.3 is 19.6 Å². The Hall–Kier alpha value is -3.87. The van der Waals surface area contributed by atoms with Crippen LogP contribution in [0.4, 0.5) is 5.69 Å². The molecule has 7 nitrogen and oxygen atoms in total. The molecule has 0 unspecified atom stereocenters. The molecule has 4 rings (SSSR count). The van der Waals surface area contributed by atoms with Crippen LogP contribution in [0.15, 0.2) is 78.1 Å². The number of pyridine rings is 1. The van der Waals surface area contributed by atoms with Crippen molar-refractivity contribution in [3.63, 3.8) is 0 Å². The van der Waals surface area contributed by atoms with Crippen LogP contribution in [0.2, 0.25) is 0 Å². The number of carbonyl (C=O) groups is 1. The summed E-state index contributed by atoms with van der Waals surface area (Å²) in [7, 11) is 0. The second-order valence-corrected chi connectivity index (χ2v) is 6.20. The third-order valence-electron chi connectivity index (χ3n) is 4.30. The molecule has 0 radical (unpaired) electrons. The zero-order chi connectivity index (χ0) is 19.3. The molecule has 0 spiro atoms. The van der Waals surface area contributed by atoms with E-state index in [4.69, 9.17) is 4.74 Å². The summed E-state index contributed by atoms with van der Waals surface area (Å²) < 4.78 is 7.71. The first-order chi connectivity index (χ1) is 13.7. The Bertz CT molecular complexity index is 1170. The van der Waals surface area contributed by atoms with Gasteiger partial charge in [0.15, 0.2) is 0 Å². The van der Waals surface area contributed by atoms with Crippen molar-refractivity contribution in [3.8, 4) is 5.75 Å². The Balaban J connectivity index is 1.51. The first-order valence-corrected chi connectivity index (χ1v) is 8.82. The standard InChI is InChI=1S/C21H18N4O3/c26-20-16-6-2-1-5-15(16)13-18(24-20)21(27)23-17-7-3-4-8-19(17)28-12-11-25-10-9-22-14-25/h1-10,13-14H,11-12H2,(H,23,27)(H,24,26). The zero-order valence-corrected chi connectivity index (χ0v) is 15.0. The van der Waals surface area contributed by atoms with Crippen molar-refractivity contribution in [2.24, 2.45) is 0 Å². The van der Waals surface area contributed by atoms with Gasteiger partial charge in [0.1, 0.15) is 18.1 Å². The summed E-state index contributed by atoms with van der Waals surface area (Å²) in [6.07, 6.45) is 5.28. The number of amides is 1. The first kappa shape index (κ1) is 17.5. The van der Waals surface area contributed by atoms with Gasteiger partial charge in [-0.15, -0.1) is 0 Å². The number of hydrogen-bond acceptors (Lipinski definition) is 4. The lowest BCUT2D eigenvalue weighted by atomic mass is 10.1. The van der Waals surface area contributed by atoms with Crippen molar-refractivity contribution in [2.45, 2.75) is 6.54 Å². The van der Waals surface area contributed by atoms with Crippen molar-refractivity contribution < 1.29 is 9.53 Å². The summed E-state index contributed by atoms with van der Waals surface area (Å²) in [5.74, 6) is 0.146. The van der Waals surface area contributed by atoms with Crippen molar-refractivity contribution in [1.29, 1.82) is 0 Å². The number of nitrogens with zero attached hydrogens (tertiary/aromatic N) is 2. The minimum Gasteiger partial charge on any atom is -0.490 e. The average molecular weight is 374 g/mol. The molecule has 140 valence electrons. The number of hydrogen-bond donors (Lipinski definition) is 2. The number of aromatic amines is 1. The largest absolute Gasteiger partial charge is 0.490 e. The molecule has 1 amide bonds. The van der Waals surface area contributed by atoms with Gasteiger partial charge >= 0.3 is 0 Å². The molecule has 2 aromatic carbocycles. The van der Waals surface area contributed by atoms with Gasteiger partial charge in [-0.25, -0.2) is 4.98 Å². The number of H-pyrrole nitrogens is 1. The van der Waals surface area contributed by atoms with E-state index >= 15 is 0 Å². The molecule has 0 bridgehead atoms. The lowest BCUT2D eigenvalue weighted by molar-refractivity contribution is 0.102. The van der Waals surface area contributed by atoms with Crippen molar-refractivity contribution in [3.05, 3.63) is 89.4 Å².